The van der Waals surface area contributed by atoms with E-state index in [2.05, 4.69) is 10.5 Å². The van der Waals surface area contributed by atoms with Crippen LogP contribution in [0.1, 0.15) is 42.7 Å². The van der Waals surface area contributed by atoms with E-state index in [1.165, 1.54) is 0 Å². The monoisotopic (exact) mass is 240 g/mol. The Bertz CT molecular complexity index is 354. The van der Waals surface area contributed by atoms with Crippen molar-refractivity contribution in [1.82, 2.24) is 10.5 Å². The standard InChI is InChI=1S/C12H20N2O3/c1-8(7-11(16)13-5-4-6-15)12-9(2)14-17-10(12)3/h8,15H,4-7H2,1-3H3,(H,13,16). The van der Waals surface area contributed by atoms with Crippen molar-refractivity contribution in [3.8, 4) is 0 Å². The minimum atomic E-state index is -0.00838. The van der Waals surface area contributed by atoms with Crippen molar-refractivity contribution in [2.24, 2.45) is 0 Å². The molecule has 0 aliphatic rings. The maximum absolute atomic E-state index is 11.6. The molecule has 1 atom stereocenters. The van der Waals surface area contributed by atoms with Crippen molar-refractivity contribution in [3.63, 3.8) is 0 Å². The fraction of sp³-hybridized carbons (Fsp3) is 0.667. The van der Waals surface area contributed by atoms with E-state index in [1.807, 2.05) is 20.8 Å². The number of hydrogen-bond donors (Lipinski definition) is 2. The van der Waals surface area contributed by atoms with Gasteiger partial charge in [-0.3, -0.25) is 4.79 Å². The average Bonchev–Trinajstić information content (AvgIpc) is 2.58. The highest BCUT2D eigenvalue weighted by molar-refractivity contribution is 5.76. The molecule has 1 aromatic rings. The summed E-state index contributed by atoms with van der Waals surface area (Å²) >= 11 is 0. The van der Waals surface area contributed by atoms with Gasteiger partial charge in [-0.05, 0) is 26.2 Å². The molecule has 96 valence electrons. The van der Waals surface area contributed by atoms with Gasteiger partial charge >= 0.3 is 0 Å². The first-order chi connectivity index (χ1) is 8.06. The molecule has 2 N–H and O–H groups in total. The molecule has 1 aromatic heterocycles. The first kappa shape index (κ1) is 13.7. The van der Waals surface area contributed by atoms with Crippen molar-refractivity contribution >= 4 is 5.91 Å². The number of amides is 1. The van der Waals surface area contributed by atoms with Gasteiger partial charge in [-0.15, -0.1) is 0 Å². The third kappa shape index (κ3) is 3.85. The Morgan fingerprint density at radius 1 is 1.53 bits per heavy atom. The molecule has 5 nitrogen and oxygen atoms in total. The predicted molar refractivity (Wildman–Crippen MR) is 63.7 cm³/mol. The Labute approximate surface area is 101 Å². The molecule has 5 heteroatoms. The Hall–Kier alpha value is -1.36. The van der Waals surface area contributed by atoms with Crippen LogP contribution >= 0.6 is 0 Å². The molecule has 1 rings (SSSR count). The number of aliphatic hydroxyl groups excluding tert-OH is 1. The van der Waals surface area contributed by atoms with E-state index in [4.69, 9.17) is 9.63 Å². The summed E-state index contributed by atoms with van der Waals surface area (Å²) in [5.74, 6) is 0.861. The van der Waals surface area contributed by atoms with Crippen molar-refractivity contribution < 1.29 is 14.4 Å². The molecule has 17 heavy (non-hydrogen) atoms. The number of rotatable bonds is 6. The molecule has 1 heterocycles. The van der Waals surface area contributed by atoms with Gasteiger partial charge in [-0.25, -0.2) is 0 Å². The van der Waals surface area contributed by atoms with Crippen molar-refractivity contribution in [2.75, 3.05) is 13.2 Å². The number of carbonyl (C=O) groups is 1. The lowest BCUT2D eigenvalue weighted by molar-refractivity contribution is -0.121. The zero-order valence-electron chi connectivity index (χ0n) is 10.6. The third-order valence-corrected chi connectivity index (χ3v) is 2.73. The van der Waals surface area contributed by atoms with Gasteiger partial charge in [0, 0.05) is 25.1 Å². The van der Waals surface area contributed by atoms with Gasteiger partial charge in [0.05, 0.1) is 5.69 Å². The van der Waals surface area contributed by atoms with Gasteiger partial charge in [-0.2, -0.15) is 0 Å². The summed E-state index contributed by atoms with van der Waals surface area (Å²) in [7, 11) is 0. The maximum atomic E-state index is 11.6. The number of nitrogens with zero attached hydrogens (tertiary/aromatic N) is 1. The van der Waals surface area contributed by atoms with Gasteiger partial charge in [0.25, 0.3) is 0 Å². The minimum Gasteiger partial charge on any atom is -0.396 e. The van der Waals surface area contributed by atoms with Crippen LogP contribution in [0.5, 0.6) is 0 Å². The van der Waals surface area contributed by atoms with Crippen LogP contribution in [0.25, 0.3) is 0 Å². The summed E-state index contributed by atoms with van der Waals surface area (Å²) in [4.78, 5) is 11.6. The SMILES string of the molecule is Cc1noc(C)c1C(C)CC(=O)NCCCO. The molecular weight excluding hydrogens is 220 g/mol. The van der Waals surface area contributed by atoms with Crippen LogP contribution in [0.2, 0.25) is 0 Å². The maximum Gasteiger partial charge on any atom is 0.220 e. The topological polar surface area (TPSA) is 75.4 Å². The largest absolute Gasteiger partial charge is 0.396 e. The van der Waals surface area contributed by atoms with Crippen LogP contribution in [0.3, 0.4) is 0 Å². The molecule has 0 radical (unpaired) electrons. The van der Waals surface area contributed by atoms with Crippen LogP contribution in [-0.2, 0) is 4.79 Å². The van der Waals surface area contributed by atoms with Gasteiger partial charge in [0.1, 0.15) is 5.76 Å². The number of nitrogens with one attached hydrogen (secondary N) is 1. The van der Waals surface area contributed by atoms with Crippen molar-refractivity contribution in [3.05, 3.63) is 17.0 Å². The molecular formula is C12H20N2O3. The Morgan fingerprint density at radius 2 is 2.24 bits per heavy atom. The summed E-state index contributed by atoms with van der Waals surface area (Å²) in [6.07, 6.45) is 1.000. The summed E-state index contributed by atoms with van der Waals surface area (Å²) in [6.45, 7) is 6.34. The van der Waals surface area contributed by atoms with Crippen molar-refractivity contribution in [2.45, 2.75) is 39.5 Å². The third-order valence-electron chi connectivity index (χ3n) is 2.73. The van der Waals surface area contributed by atoms with E-state index >= 15 is 0 Å². The highest BCUT2D eigenvalue weighted by Crippen LogP contribution is 2.25. The van der Waals surface area contributed by atoms with E-state index in [-0.39, 0.29) is 18.4 Å². The Kier molecular flexibility index (Phi) is 5.15. The number of aliphatic hydroxyl groups is 1. The van der Waals surface area contributed by atoms with Crippen LogP contribution in [-0.4, -0.2) is 29.3 Å². The lowest BCUT2D eigenvalue weighted by Gasteiger charge is -2.11. The van der Waals surface area contributed by atoms with E-state index < -0.39 is 0 Å². The van der Waals surface area contributed by atoms with E-state index in [9.17, 15) is 4.79 Å². The summed E-state index contributed by atoms with van der Waals surface area (Å²) < 4.78 is 5.08. The zero-order valence-corrected chi connectivity index (χ0v) is 10.6. The number of hydrogen-bond acceptors (Lipinski definition) is 4. The molecule has 0 spiro atoms. The Morgan fingerprint density at radius 3 is 2.76 bits per heavy atom. The van der Waals surface area contributed by atoms with E-state index in [0.29, 0.717) is 19.4 Å². The molecule has 0 aliphatic carbocycles. The highest BCUT2D eigenvalue weighted by Gasteiger charge is 2.18. The van der Waals surface area contributed by atoms with Crippen LogP contribution in [0.4, 0.5) is 0 Å². The Balaban J connectivity index is 2.49. The smallest absolute Gasteiger partial charge is 0.220 e. The average molecular weight is 240 g/mol. The molecule has 0 aromatic carbocycles. The second-order valence-electron chi connectivity index (χ2n) is 4.27. The van der Waals surface area contributed by atoms with Gasteiger partial charge in [-0.1, -0.05) is 12.1 Å². The fourth-order valence-electron chi connectivity index (χ4n) is 1.95. The molecule has 0 fully saturated rings. The summed E-state index contributed by atoms with van der Waals surface area (Å²) in [6, 6.07) is 0. The number of aromatic nitrogens is 1. The molecule has 0 bridgehead atoms. The molecule has 1 unspecified atom stereocenters. The predicted octanol–water partition coefficient (Wildman–Crippen LogP) is 1.28. The quantitative estimate of drug-likeness (QED) is 0.734. The van der Waals surface area contributed by atoms with Crippen LogP contribution in [0.15, 0.2) is 4.52 Å². The minimum absolute atomic E-state index is 0.00838. The lowest BCUT2D eigenvalue weighted by Crippen LogP contribution is -2.26. The molecule has 0 saturated heterocycles. The number of aryl methyl sites for hydroxylation is 2. The van der Waals surface area contributed by atoms with Gasteiger partial charge in [0.2, 0.25) is 5.91 Å². The normalized spacial score (nSPS) is 12.5. The van der Waals surface area contributed by atoms with Crippen LogP contribution in [0, 0.1) is 13.8 Å². The first-order valence-electron chi connectivity index (χ1n) is 5.86. The van der Waals surface area contributed by atoms with E-state index in [1.54, 1.807) is 0 Å². The zero-order chi connectivity index (χ0) is 12.8. The summed E-state index contributed by atoms with van der Waals surface area (Å²) in [5, 5.41) is 15.3. The first-order valence-corrected chi connectivity index (χ1v) is 5.86. The second kappa shape index (κ2) is 6.39. The van der Waals surface area contributed by atoms with Crippen molar-refractivity contribution in [1.29, 1.82) is 0 Å². The fourth-order valence-corrected chi connectivity index (χ4v) is 1.95. The lowest BCUT2D eigenvalue weighted by atomic mass is 9.96. The van der Waals surface area contributed by atoms with E-state index in [0.717, 1.165) is 17.0 Å². The molecule has 0 saturated carbocycles. The van der Waals surface area contributed by atoms with Gasteiger partial charge < -0.3 is 14.9 Å². The molecule has 0 aliphatic heterocycles. The van der Waals surface area contributed by atoms with Gasteiger partial charge in [0.15, 0.2) is 0 Å². The van der Waals surface area contributed by atoms with Crippen LogP contribution < -0.4 is 5.32 Å². The molecule has 1 amide bonds. The second-order valence-corrected chi connectivity index (χ2v) is 4.27. The summed E-state index contributed by atoms with van der Waals surface area (Å²) in [5.41, 5.74) is 1.86. The number of carbonyl (C=O) groups excluding carboxylic acids is 1. The highest BCUT2D eigenvalue weighted by atomic mass is 16.5.